The summed E-state index contributed by atoms with van der Waals surface area (Å²) < 4.78 is 22.9. The lowest BCUT2D eigenvalue weighted by atomic mass is 9.89. The van der Waals surface area contributed by atoms with Crippen molar-refractivity contribution in [2.24, 2.45) is 11.1 Å². The molecule has 0 radical (unpaired) electrons. The molecule has 1 amide bonds. The maximum Gasteiger partial charge on any atom is 0.238 e. The van der Waals surface area contributed by atoms with E-state index in [-0.39, 0.29) is 16.6 Å². The smallest absolute Gasteiger partial charge is 0.238 e. The lowest BCUT2D eigenvalue weighted by molar-refractivity contribution is -0.113. The Balaban J connectivity index is 1.47. The fourth-order valence-corrected chi connectivity index (χ4v) is 6.15. The van der Waals surface area contributed by atoms with Gasteiger partial charge >= 0.3 is 0 Å². The zero-order valence-corrected chi connectivity index (χ0v) is 18.7. The molecule has 8 nitrogen and oxygen atoms in total. The minimum Gasteiger partial charge on any atom is -0.383 e. The zero-order chi connectivity index (χ0) is 21.5. The second-order valence-electron chi connectivity index (χ2n) is 7.33. The molecule has 1 aromatic carbocycles. The van der Waals surface area contributed by atoms with Gasteiger partial charge in [0, 0.05) is 10.6 Å². The molecule has 158 valence electrons. The van der Waals surface area contributed by atoms with Crippen molar-refractivity contribution in [3.05, 3.63) is 34.7 Å². The maximum absolute atomic E-state index is 12.3. The van der Waals surface area contributed by atoms with E-state index in [1.807, 2.05) is 0 Å². The summed E-state index contributed by atoms with van der Waals surface area (Å²) >= 11 is 2.84. The van der Waals surface area contributed by atoms with Gasteiger partial charge in [0.1, 0.15) is 10.6 Å². The van der Waals surface area contributed by atoms with E-state index < -0.39 is 10.0 Å². The number of primary sulfonamides is 1. The van der Waals surface area contributed by atoms with E-state index in [0.717, 1.165) is 29.5 Å². The Hall–Kier alpha value is -2.21. The predicted octanol–water partition coefficient (Wildman–Crippen LogP) is 2.78. The summed E-state index contributed by atoms with van der Waals surface area (Å²) in [5.74, 6) is 0.862. The van der Waals surface area contributed by atoms with Gasteiger partial charge in [-0.2, -0.15) is 0 Å². The zero-order valence-electron chi connectivity index (χ0n) is 16.2. The van der Waals surface area contributed by atoms with Crippen LogP contribution in [0.5, 0.6) is 0 Å². The molecule has 5 N–H and O–H groups in total. The Morgan fingerprint density at radius 1 is 1.37 bits per heavy atom. The van der Waals surface area contributed by atoms with Crippen LogP contribution in [0.4, 0.5) is 11.5 Å². The Labute approximate surface area is 182 Å². The van der Waals surface area contributed by atoms with Gasteiger partial charge in [0.25, 0.3) is 0 Å². The van der Waals surface area contributed by atoms with Gasteiger partial charge in [0.15, 0.2) is 5.16 Å². The number of hydrogen-bond acceptors (Lipinski definition) is 8. The number of nitrogens with zero attached hydrogens (tertiary/aromatic N) is 2. The fourth-order valence-electron chi connectivity index (χ4n) is 3.49. The minimum atomic E-state index is -3.84. The van der Waals surface area contributed by atoms with Crippen molar-refractivity contribution in [1.29, 1.82) is 0 Å². The van der Waals surface area contributed by atoms with E-state index in [0.29, 0.717) is 22.6 Å². The molecule has 1 atom stereocenters. The molecule has 0 spiro atoms. The van der Waals surface area contributed by atoms with Gasteiger partial charge in [-0.3, -0.25) is 4.79 Å². The number of thioether (sulfide) groups is 1. The van der Waals surface area contributed by atoms with Crippen LogP contribution in [0, 0.1) is 5.92 Å². The number of sulfonamides is 1. The SMILES string of the molecule is CC1CCc2c(sc3nc(SCC(=O)Nc4cccc(S(N)(=O)=O)c4)nc(N)c23)C1. The number of aryl methyl sites for hydroxylation is 1. The standard InChI is InChI=1S/C19H21N5O3S3/c1-10-5-6-13-14(7-10)29-18-16(13)17(20)23-19(24-18)28-9-15(25)22-11-3-2-4-12(8-11)30(21,26)27/h2-4,8,10H,5-7,9H2,1H3,(H,22,25)(H2,20,23,24)(H2,21,26,27). The first-order valence-electron chi connectivity index (χ1n) is 9.34. The first-order valence-corrected chi connectivity index (χ1v) is 12.7. The molecular formula is C19H21N5O3S3. The van der Waals surface area contributed by atoms with E-state index in [1.54, 1.807) is 17.4 Å². The molecule has 1 unspecified atom stereocenters. The lowest BCUT2D eigenvalue weighted by Gasteiger charge is -2.17. The van der Waals surface area contributed by atoms with Crippen LogP contribution >= 0.6 is 23.1 Å². The molecule has 0 bridgehead atoms. The summed E-state index contributed by atoms with van der Waals surface area (Å²) in [4.78, 5) is 23.4. The molecule has 3 aromatic rings. The third kappa shape index (κ3) is 4.43. The second kappa shape index (κ2) is 8.14. The van der Waals surface area contributed by atoms with Crippen LogP contribution in [0.3, 0.4) is 0 Å². The number of amides is 1. The van der Waals surface area contributed by atoms with Crippen molar-refractivity contribution in [1.82, 2.24) is 9.97 Å². The first kappa shape index (κ1) is 21.0. The highest BCUT2D eigenvalue weighted by molar-refractivity contribution is 7.99. The molecule has 0 aliphatic heterocycles. The number of rotatable bonds is 5. The van der Waals surface area contributed by atoms with Crippen molar-refractivity contribution in [2.45, 2.75) is 36.2 Å². The Kier molecular flexibility index (Phi) is 5.71. The summed E-state index contributed by atoms with van der Waals surface area (Å²) in [6.45, 7) is 2.25. The van der Waals surface area contributed by atoms with Gasteiger partial charge in [-0.1, -0.05) is 24.8 Å². The van der Waals surface area contributed by atoms with E-state index in [2.05, 4.69) is 22.2 Å². The molecule has 11 heteroatoms. The van der Waals surface area contributed by atoms with Crippen LogP contribution in [0.15, 0.2) is 34.3 Å². The van der Waals surface area contributed by atoms with Gasteiger partial charge in [0.2, 0.25) is 15.9 Å². The Bertz CT molecular complexity index is 1240. The van der Waals surface area contributed by atoms with Gasteiger partial charge in [0.05, 0.1) is 16.0 Å². The number of fused-ring (bicyclic) bond motifs is 3. The largest absolute Gasteiger partial charge is 0.383 e. The highest BCUT2D eigenvalue weighted by Gasteiger charge is 2.23. The van der Waals surface area contributed by atoms with Crippen LogP contribution in [-0.4, -0.2) is 30.0 Å². The van der Waals surface area contributed by atoms with Crippen LogP contribution < -0.4 is 16.2 Å². The highest BCUT2D eigenvalue weighted by atomic mass is 32.2. The number of thiophene rings is 1. The maximum atomic E-state index is 12.3. The third-order valence-corrected chi connectivity index (χ3v) is 7.85. The van der Waals surface area contributed by atoms with E-state index in [4.69, 9.17) is 10.9 Å². The number of aromatic nitrogens is 2. The average Bonchev–Trinajstić information content (AvgIpc) is 3.03. The number of nitrogens with two attached hydrogens (primary N) is 2. The molecular weight excluding hydrogens is 442 g/mol. The number of anilines is 2. The van der Waals surface area contributed by atoms with E-state index >= 15 is 0 Å². The normalized spacial score (nSPS) is 16.4. The summed E-state index contributed by atoms with van der Waals surface area (Å²) in [6, 6.07) is 5.79. The number of nitrogen functional groups attached to an aromatic ring is 1. The fraction of sp³-hybridized carbons (Fsp3) is 0.316. The predicted molar refractivity (Wildman–Crippen MR) is 120 cm³/mol. The van der Waals surface area contributed by atoms with Crippen LogP contribution in [0.25, 0.3) is 10.2 Å². The van der Waals surface area contributed by atoms with Crippen LogP contribution in [-0.2, 0) is 27.7 Å². The molecule has 1 aliphatic rings. The molecule has 30 heavy (non-hydrogen) atoms. The van der Waals surface area contributed by atoms with Crippen molar-refractivity contribution in [2.75, 3.05) is 16.8 Å². The van der Waals surface area contributed by atoms with Crippen LogP contribution in [0.2, 0.25) is 0 Å². The summed E-state index contributed by atoms with van der Waals surface area (Å²) in [5, 5.41) is 9.18. The first-order chi connectivity index (χ1) is 14.2. The minimum absolute atomic E-state index is 0.0622. The van der Waals surface area contributed by atoms with Crippen molar-refractivity contribution < 1.29 is 13.2 Å². The third-order valence-electron chi connectivity index (χ3n) is 4.94. The highest BCUT2D eigenvalue weighted by Crippen LogP contribution is 2.39. The quantitative estimate of drug-likeness (QED) is 0.390. The number of benzene rings is 1. The number of carbonyl (C=O) groups is 1. The molecule has 0 saturated carbocycles. The van der Waals surface area contributed by atoms with Crippen molar-refractivity contribution >= 4 is 60.8 Å². The van der Waals surface area contributed by atoms with Crippen LogP contribution in [0.1, 0.15) is 23.8 Å². The van der Waals surface area contributed by atoms with E-state index in [9.17, 15) is 13.2 Å². The Morgan fingerprint density at radius 2 is 2.17 bits per heavy atom. The molecule has 0 saturated heterocycles. The molecule has 2 aromatic heterocycles. The van der Waals surface area contributed by atoms with E-state index in [1.165, 1.54) is 40.4 Å². The summed E-state index contributed by atoms with van der Waals surface area (Å²) in [7, 11) is -3.84. The average molecular weight is 464 g/mol. The van der Waals surface area contributed by atoms with Gasteiger partial charge in [-0.05, 0) is 48.9 Å². The van der Waals surface area contributed by atoms with Crippen molar-refractivity contribution in [3.8, 4) is 0 Å². The van der Waals surface area contributed by atoms with Crippen molar-refractivity contribution in [3.63, 3.8) is 0 Å². The lowest BCUT2D eigenvalue weighted by Crippen LogP contribution is -2.16. The molecule has 4 rings (SSSR count). The monoisotopic (exact) mass is 463 g/mol. The van der Waals surface area contributed by atoms with Gasteiger partial charge in [-0.15, -0.1) is 11.3 Å². The Morgan fingerprint density at radius 3 is 2.93 bits per heavy atom. The summed E-state index contributed by atoms with van der Waals surface area (Å²) in [6.07, 6.45) is 3.18. The molecule has 2 heterocycles. The second-order valence-corrected chi connectivity index (χ2v) is 10.9. The van der Waals surface area contributed by atoms with Gasteiger partial charge < -0.3 is 11.1 Å². The summed E-state index contributed by atoms with van der Waals surface area (Å²) in [5.41, 5.74) is 7.84. The van der Waals surface area contributed by atoms with Gasteiger partial charge in [-0.25, -0.2) is 23.5 Å². The number of hydrogen-bond donors (Lipinski definition) is 3. The number of carbonyl (C=O) groups excluding carboxylic acids is 1. The number of nitrogens with one attached hydrogen (secondary N) is 1. The molecule has 0 fully saturated rings. The topological polar surface area (TPSA) is 141 Å². The molecule has 1 aliphatic carbocycles.